The van der Waals surface area contributed by atoms with Gasteiger partial charge in [-0.1, -0.05) is 6.07 Å². The zero-order valence-corrected chi connectivity index (χ0v) is 10.6. The molecule has 1 amide bonds. The van der Waals surface area contributed by atoms with Gasteiger partial charge in [-0.15, -0.1) is 0 Å². The van der Waals surface area contributed by atoms with Gasteiger partial charge in [0.2, 0.25) is 0 Å². The van der Waals surface area contributed by atoms with Gasteiger partial charge in [0.15, 0.2) is 0 Å². The Bertz CT molecular complexity index is 594. The lowest BCUT2D eigenvalue weighted by Crippen LogP contribution is -2.27. The van der Waals surface area contributed by atoms with E-state index in [0.29, 0.717) is 29.9 Å². The fourth-order valence-electron chi connectivity index (χ4n) is 1.62. The summed E-state index contributed by atoms with van der Waals surface area (Å²) in [6, 6.07) is 4.41. The quantitative estimate of drug-likeness (QED) is 0.873. The van der Waals surface area contributed by atoms with E-state index in [9.17, 15) is 9.18 Å². The molecule has 0 radical (unpaired) electrons. The van der Waals surface area contributed by atoms with Crippen molar-refractivity contribution in [1.29, 1.82) is 0 Å². The largest absolute Gasteiger partial charge is 0.396 e. The van der Waals surface area contributed by atoms with Crippen molar-refractivity contribution >= 4 is 11.6 Å². The van der Waals surface area contributed by atoms with Crippen LogP contribution in [0.25, 0.3) is 0 Å². The Morgan fingerprint density at radius 1 is 1.53 bits per heavy atom. The third-order valence-electron chi connectivity index (χ3n) is 2.71. The topological polar surface area (TPSA) is 72.9 Å². The first-order valence-corrected chi connectivity index (χ1v) is 5.88. The summed E-state index contributed by atoms with van der Waals surface area (Å²) in [5.74, 6) is -0.688. The van der Waals surface area contributed by atoms with Crippen molar-refractivity contribution in [2.24, 2.45) is 0 Å². The Hall–Kier alpha value is -2.37. The molecule has 0 atom stereocenters. The van der Waals surface area contributed by atoms with Crippen LogP contribution in [-0.2, 0) is 6.54 Å². The van der Waals surface area contributed by atoms with Crippen LogP contribution in [0.5, 0.6) is 0 Å². The molecule has 100 valence electrons. The van der Waals surface area contributed by atoms with Gasteiger partial charge in [-0.25, -0.2) is 4.39 Å². The Morgan fingerprint density at radius 3 is 2.95 bits per heavy atom. The number of nitrogens with two attached hydrogens (primary N) is 1. The number of amides is 1. The number of hydrogen-bond donors (Lipinski definition) is 2. The Balaban J connectivity index is 1.89. The highest BCUT2D eigenvalue weighted by molar-refractivity contribution is 5.94. The fourth-order valence-corrected chi connectivity index (χ4v) is 1.62. The molecule has 0 saturated carbocycles. The number of aromatic nitrogens is 2. The van der Waals surface area contributed by atoms with E-state index in [1.165, 1.54) is 12.3 Å². The van der Waals surface area contributed by atoms with Crippen LogP contribution in [0.1, 0.15) is 15.9 Å². The van der Waals surface area contributed by atoms with Crippen LogP contribution >= 0.6 is 0 Å². The molecule has 19 heavy (non-hydrogen) atoms. The van der Waals surface area contributed by atoms with Crippen molar-refractivity contribution in [3.63, 3.8) is 0 Å². The van der Waals surface area contributed by atoms with E-state index in [4.69, 9.17) is 5.73 Å². The van der Waals surface area contributed by atoms with Crippen LogP contribution in [0.3, 0.4) is 0 Å². The van der Waals surface area contributed by atoms with Gasteiger partial charge in [0.05, 0.1) is 18.4 Å². The number of nitrogen functional groups attached to an aromatic ring is 1. The van der Waals surface area contributed by atoms with Crippen LogP contribution in [-0.4, -0.2) is 22.2 Å². The summed E-state index contributed by atoms with van der Waals surface area (Å²) in [5.41, 5.74) is 6.92. The first-order valence-electron chi connectivity index (χ1n) is 5.88. The van der Waals surface area contributed by atoms with Crippen molar-refractivity contribution in [1.82, 2.24) is 15.1 Å². The summed E-state index contributed by atoms with van der Waals surface area (Å²) in [5, 5.41) is 6.69. The minimum Gasteiger partial charge on any atom is -0.396 e. The minimum absolute atomic E-state index is 0.306. The maximum Gasteiger partial charge on any atom is 0.251 e. The average molecular weight is 262 g/mol. The number of carbonyl (C=O) groups excluding carboxylic acids is 1. The lowest BCUT2D eigenvalue weighted by Gasteiger charge is -2.06. The van der Waals surface area contributed by atoms with Crippen molar-refractivity contribution in [3.05, 3.63) is 47.5 Å². The second-order valence-corrected chi connectivity index (χ2v) is 4.26. The van der Waals surface area contributed by atoms with Crippen molar-refractivity contribution in [2.45, 2.75) is 13.5 Å². The normalized spacial score (nSPS) is 10.4. The van der Waals surface area contributed by atoms with Gasteiger partial charge in [-0.05, 0) is 24.6 Å². The monoisotopic (exact) mass is 262 g/mol. The van der Waals surface area contributed by atoms with E-state index < -0.39 is 0 Å². The van der Waals surface area contributed by atoms with E-state index >= 15 is 0 Å². The lowest BCUT2D eigenvalue weighted by molar-refractivity contribution is 0.0951. The predicted molar refractivity (Wildman–Crippen MR) is 70.1 cm³/mol. The van der Waals surface area contributed by atoms with Crippen LogP contribution in [0.4, 0.5) is 10.1 Å². The van der Waals surface area contributed by atoms with Crippen LogP contribution in [0.15, 0.2) is 30.6 Å². The number of nitrogens with zero attached hydrogens (tertiary/aromatic N) is 2. The molecular formula is C13H15FN4O. The first kappa shape index (κ1) is 13.1. The molecule has 0 fully saturated rings. The Morgan fingerprint density at radius 2 is 2.32 bits per heavy atom. The molecule has 0 unspecified atom stereocenters. The van der Waals surface area contributed by atoms with Crippen LogP contribution < -0.4 is 11.1 Å². The second-order valence-electron chi connectivity index (χ2n) is 4.26. The van der Waals surface area contributed by atoms with Gasteiger partial charge >= 0.3 is 0 Å². The van der Waals surface area contributed by atoms with Crippen molar-refractivity contribution in [3.8, 4) is 0 Å². The minimum atomic E-state index is -0.382. The number of halogens is 1. The third kappa shape index (κ3) is 3.31. The number of anilines is 1. The summed E-state index contributed by atoms with van der Waals surface area (Å²) in [6.45, 7) is 2.56. The summed E-state index contributed by atoms with van der Waals surface area (Å²) < 4.78 is 15.0. The highest BCUT2D eigenvalue weighted by Crippen LogP contribution is 2.08. The molecule has 1 heterocycles. The van der Waals surface area contributed by atoms with E-state index in [2.05, 4.69) is 10.4 Å². The summed E-state index contributed by atoms with van der Waals surface area (Å²) in [7, 11) is 0. The number of nitrogens with one attached hydrogen (secondary N) is 1. The van der Waals surface area contributed by atoms with Crippen LogP contribution in [0.2, 0.25) is 0 Å². The first-order chi connectivity index (χ1) is 9.06. The molecule has 2 rings (SSSR count). The predicted octanol–water partition coefficient (Wildman–Crippen LogP) is 1.34. The zero-order valence-electron chi connectivity index (χ0n) is 10.6. The van der Waals surface area contributed by atoms with Crippen LogP contribution in [0, 0.1) is 12.7 Å². The van der Waals surface area contributed by atoms with E-state index in [1.54, 1.807) is 29.9 Å². The van der Waals surface area contributed by atoms with Gasteiger partial charge in [-0.3, -0.25) is 9.48 Å². The summed E-state index contributed by atoms with van der Waals surface area (Å²) in [6.07, 6.45) is 3.22. The number of carbonyl (C=O) groups is 1. The molecule has 1 aromatic carbocycles. The SMILES string of the molecule is Cc1ccc(C(=O)NCCn2cc(N)cn2)cc1F. The summed E-state index contributed by atoms with van der Waals surface area (Å²) >= 11 is 0. The summed E-state index contributed by atoms with van der Waals surface area (Å²) in [4.78, 5) is 11.8. The molecule has 0 aliphatic heterocycles. The van der Waals surface area contributed by atoms with Gasteiger partial charge in [0, 0.05) is 18.3 Å². The van der Waals surface area contributed by atoms with Gasteiger partial charge < -0.3 is 11.1 Å². The lowest BCUT2D eigenvalue weighted by atomic mass is 10.1. The maximum absolute atomic E-state index is 13.3. The second kappa shape index (κ2) is 5.51. The highest BCUT2D eigenvalue weighted by atomic mass is 19.1. The number of benzene rings is 1. The average Bonchev–Trinajstić information content (AvgIpc) is 2.78. The van der Waals surface area contributed by atoms with Gasteiger partial charge in [-0.2, -0.15) is 5.10 Å². The maximum atomic E-state index is 13.3. The molecule has 5 nitrogen and oxygen atoms in total. The Kier molecular flexibility index (Phi) is 3.79. The zero-order chi connectivity index (χ0) is 13.8. The van der Waals surface area contributed by atoms with E-state index in [0.717, 1.165) is 0 Å². The third-order valence-corrected chi connectivity index (χ3v) is 2.71. The van der Waals surface area contributed by atoms with Crippen molar-refractivity contribution in [2.75, 3.05) is 12.3 Å². The molecule has 0 aliphatic carbocycles. The fraction of sp³-hybridized carbons (Fsp3) is 0.231. The highest BCUT2D eigenvalue weighted by Gasteiger charge is 2.07. The molecule has 0 spiro atoms. The van der Waals surface area contributed by atoms with Gasteiger partial charge in [0.1, 0.15) is 5.82 Å². The van der Waals surface area contributed by atoms with Gasteiger partial charge in [0.25, 0.3) is 5.91 Å². The molecule has 6 heteroatoms. The molecule has 0 aliphatic rings. The molecule has 3 N–H and O–H groups in total. The van der Waals surface area contributed by atoms with E-state index in [1.807, 2.05) is 0 Å². The molecular weight excluding hydrogens is 247 g/mol. The smallest absolute Gasteiger partial charge is 0.251 e. The molecule has 0 saturated heterocycles. The van der Waals surface area contributed by atoms with Crippen molar-refractivity contribution < 1.29 is 9.18 Å². The van der Waals surface area contributed by atoms with E-state index in [-0.39, 0.29) is 11.7 Å². The number of aryl methyl sites for hydroxylation is 1. The Labute approximate surface area is 110 Å². The standard InChI is InChI=1S/C13H15FN4O/c1-9-2-3-10(6-12(9)14)13(19)16-4-5-18-8-11(15)7-17-18/h2-3,6-8H,4-5,15H2,1H3,(H,16,19). The molecule has 2 aromatic rings. The molecule has 0 bridgehead atoms. The molecule has 1 aromatic heterocycles. The number of rotatable bonds is 4. The number of hydrogen-bond acceptors (Lipinski definition) is 3.